The van der Waals surface area contributed by atoms with E-state index in [1.54, 1.807) is 12.1 Å². The number of rotatable bonds is 13. The zero-order valence-corrected chi connectivity index (χ0v) is 19.9. The number of hydrogen-bond acceptors (Lipinski definition) is 4. The van der Waals surface area contributed by atoms with Crippen molar-refractivity contribution >= 4 is 10.1 Å². The maximum absolute atomic E-state index is 11.3. The van der Waals surface area contributed by atoms with E-state index in [0.29, 0.717) is 12.5 Å². The lowest BCUT2D eigenvalue weighted by molar-refractivity contribution is 0.0267. The Kier molecular flexibility index (Phi) is 15.1. The van der Waals surface area contributed by atoms with Crippen molar-refractivity contribution in [3.63, 3.8) is 0 Å². The summed E-state index contributed by atoms with van der Waals surface area (Å²) < 4.78 is 37.2. The van der Waals surface area contributed by atoms with Gasteiger partial charge in [-0.2, -0.15) is 8.42 Å². The molecule has 0 radical (unpaired) electrons. The molecule has 1 unspecified atom stereocenters. The van der Waals surface area contributed by atoms with Gasteiger partial charge < -0.3 is 10.1 Å². The van der Waals surface area contributed by atoms with Crippen LogP contribution in [-0.4, -0.2) is 38.8 Å². The Morgan fingerprint density at radius 1 is 0.967 bits per heavy atom. The van der Waals surface area contributed by atoms with Crippen LogP contribution >= 0.6 is 0 Å². The highest BCUT2D eigenvalue weighted by atomic mass is 32.2. The molecule has 1 atom stereocenters. The summed E-state index contributed by atoms with van der Waals surface area (Å²) in [7, 11) is -4.10. The lowest BCUT2D eigenvalue weighted by Gasteiger charge is -2.21. The van der Waals surface area contributed by atoms with Crippen LogP contribution in [0.1, 0.15) is 90.0 Å². The number of hydrogen-bond donors (Lipinski definition) is 2. The van der Waals surface area contributed by atoms with E-state index < -0.39 is 10.1 Å². The molecule has 1 heterocycles. The molecule has 1 aromatic rings. The maximum atomic E-state index is 11.3. The van der Waals surface area contributed by atoms with Crippen LogP contribution in [0.5, 0.6) is 0 Å². The average molecular weight is 442 g/mol. The molecule has 1 aliphatic rings. The smallest absolute Gasteiger partial charge is 0.294 e. The van der Waals surface area contributed by atoms with E-state index in [4.69, 9.17) is 4.74 Å². The summed E-state index contributed by atoms with van der Waals surface area (Å²) in [4.78, 5) is 0.0610. The van der Waals surface area contributed by atoms with E-state index in [9.17, 15) is 13.0 Å². The topological polar surface area (TPSA) is 75.6 Å². The number of unbranched alkanes of at least 4 members (excludes halogenated alkanes) is 9. The molecule has 0 saturated carbocycles. The van der Waals surface area contributed by atoms with Gasteiger partial charge in [0.05, 0.1) is 17.6 Å². The maximum Gasteiger partial charge on any atom is 0.294 e. The lowest BCUT2D eigenvalue weighted by atomic mass is 10.0. The first-order valence-corrected chi connectivity index (χ1v) is 13.3. The minimum Gasteiger partial charge on any atom is -0.376 e. The predicted molar refractivity (Wildman–Crippen MR) is 125 cm³/mol. The molecular weight excluding hydrogens is 398 g/mol. The fourth-order valence-electron chi connectivity index (χ4n) is 3.65. The molecule has 1 fully saturated rings. The largest absolute Gasteiger partial charge is 0.376 e. The lowest BCUT2D eigenvalue weighted by Crippen LogP contribution is -2.37. The van der Waals surface area contributed by atoms with Gasteiger partial charge in [-0.05, 0) is 30.9 Å². The predicted octanol–water partition coefficient (Wildman–Crippen LogP) is 5.78. The molecule has 0 aliphatic carbocycles. The Bertz CT molecular complexity index is 642. The molecule has 1 aromatic carbocycles. The fraction of sp³-hybridized carbons (Fsp3) is 0.750. The Labute approximate surface area is 184 Å². The van der Waals surface area contributed by atoms with E-state index in [0.717, 1.165) is 44.5 Å². The summed E-state index contributed by atoms with van der Waals surface area (Å²) in [5.74, 6) is 0. The van der Waals surface area contributed by atoms with E-state index in [-0.39, 0.29) is 4.90 Å². The SMILES string of the molecule is CCC1CNCCO1.CCCCCCCCCCCCc1ccccc1S(=O)(=O)O. The molecular formula is C24H43NO4S. The molecule has 0 spiro atoms. The molecule has 0 aromatic heterocycles. The van der Waals surface area contributed by atoms with Gasteiger partial charge in [0.2, 0.25) is 0 Å². The third kappa shape index (κ3) is 12.7. The van der Waals surface area contributed by atoms with Gasteiger partial charge in [0.25, 0.3) is 10.1 Å². The molecule has 0 amide bonds. The van der Waals surface area contributed by atoms with Crippen molar-refractivity contribution in [2.24, 2.45) is 0 Å². The summed E-state index contributed by atoms with van der Waals surface area (Å²) >= 11 is 0. The van der Waals surface area contributed by atoms with Crippen molar-refractivity contribution in [1.29, 1.82) is 0 Å². The third-order valence-corrected chi connectivity index (χ3v) is 6.46. The third-order valence-electron chi connectivity index (χ3n) is 5.51. The van der Waals surface area contributed by atoms with Crippen LogP contribution in [0.3, 0.4) is 0 Å². The van der Waals surface area contributed by atoms with Crippen molar-refractivity contribution in [1.82, 2.24) is 5.32 Å². The summed E-state index contributed by atoms with van der Waals surface area (Å²) in [6, 6.07) is 6.73. The zero-order chi connectivity index (χ0) is 22.1. The molecule has 6 heteroatoms. The van der Waals surface area contributed by atoms with Crippen LogP contribution in [0.2, 0.25) is 0 Å². The first kappa shape index (κ1) is 27.1. The number of nitrogens with one attached hydrogen (secondary N) is 1. The number of ether oxygens (including phenoxy) is 1. The quantitative estimate of drug-likeness (QED) is 0.300. The van der Waals surface area contributed by atoms with Gasteiger partial charge in [-0.1, -0.05) is 89.8 Å². The van der Waals surface area contributed by atoms with Gasteiger partial charge in [-0.3, -0.25) is 4.55 Å². The molecule has 2 rings (SSSR count). The summed E-state index contributed by atoms with van der Waals surface area (Å²) in [6.45, 7) is 7.34. The van der Waals surface area contributed by atoms with Crippen LogP contribution < -0.4 is 5.32 Å². The van der Waals surface area contributed by atoms with Crippen LogP contribution in [-0.2, 0) is 21.3 Å². The van der Waals surface area contributed by atoms with Gasteiger partial charge in [0.1, 0.15) is 0 Å². The second kappa shape index (κ2) is 16.7. The van der Waals surface area contributed by atoms with Gasteiger partial charge >= 0.3 is 0 Å². The summed E-state index contributed by atoms with van der Waals surface area (Å²) in [6.07, 6.45) is 14.9. The molecule has 30 heavy (non-hydrogen) atoms. The van der Waals surface area contributed by atoms with Crippen LogP contribution in [0.4, 0.5) is 0 Å². The van der Waals surface area contributed by atoms with E-state index in [1.807, 2.05) is 6.07 Å². The molecule has 0 bridgehead atoms. The fourth-order valence-corrected chi connectivity index (χ4v) is 4.40. The first-order chi connectivity index (χ1) is 14.5. The minimum absolute atomic E-state index is 0.0610. The van der Waals surface area contributed by atoms with Gasteiger partial charge in [0.15, 0.2) is 0 Å². The highest BCUT2D eigenvalue weighted by Gasteiger charge is 2.13. The second-order valence-corrected chi connectivity index (χ2v) is 9.51. The van der Waals surface area contributed by atoms with Crippen LogP contribution in [0, 0.1) is 0 Å². The van der Waals surface area contributed by atoms with E-state index in [1.165, 1.54) is 57.4 Å². The molecule has 1 saturated heterocycles. The summed E-state index contributed by atoms with van der Waals surface area (Å²) in [5, 5.41) is 3.26. The Morgan fingerprint density at radius 3 is 2.07 bits per heavy atom. The first-order valence-electron chi connectivity index (χ1n) is 11.9. The van der Waals surface area contributed by atoms with Gasteiger partial charge in [-0.15, -0.1) is 0 Å². The van der Waals surface area contributed by atoms with Crippen molar-refractivity contribution in [3.05, 3.63) is 29.8 Å². The van der Waals surface area contributed by atoms with Crippen LogP contribution in [0.25, 0.3) is 0 Å². The summed E-state index contributed by atoms with van der Waals surface area (Å²) in [5.41, 5.74) is 0.726. The van der Waals surface area contributed by atoms with Crippen LogP contribution in [0.15, 0.2) is 29.2 Å². The molecule has 5 nitrogen and oxygen atoms in total. The minimum atomic E-state index is -4.10. The Hall–Kier alpha value is -0.950. The molecule has 2 N–H and O–H groups in total. The highest BCUT2D eigenvalue weighted by molar-refractivity contribution is 7.85. The van der Waals surface area contributed by atoms with Crippen molar-refractivity contribution in [3.8, 4) is 0 Å². The molecule has 174 valence electrons. The van der Waals surface area contributed by atoms with Crippen molar-refractivity contribution < 1.29 is 17.7 Å². The van der Waals surface area contributed by atoms with Crippen molar-refractivity contribution in [2.75, 3.05) is 19.7 Å². The number of benzene rings is 1. The monoisotopic (exact) mass is 441 g/mol. The van der Waals surface area contributed by atoms with E-state index >= 15 is 0 Å². The Morgan fingerprint density at radius 2 is 1.57 bits per heavy atom. The van der Waals surface area contributed by atoms with Crippen molar-refractivity contribution in [2.45, 2.75) is 102 Å². The normalized spacial score (nSPS) is 16.7. The van der Waals surface area contributed by atoms with Gasteiger partial charge in [0, 0.05) is 13.1 Å². The zero-order valence-electron chi connectivity index (χ0n) is 19.1. The van der Waals surface area contributed by atoms with Gasteiger partial charge in [-0.25, -0.2) is 0 Å². The molecule has 1 aliphatic heterocycles. The van der Waals surface area contributed by atoms with E-state index in [2.05, 4.69) is 19.2 Å². The highest BCUT2D eigenvalue weighted by Crippen LogP contribution is 2.18. The average Bonchev–Trinajstić information content (AvgIpc) is 2.75. The second-order valence-electron chi connectivity index (χ2n) is 8.12. The number of aryl methyl sites for hydroxylation is 1. The Balaban J connectivity index is 0.000000467. The standard InChI is InChI=1S/C18H30O3S.C6H13NO/c1-2-3-4-5-6-7-8-9-10-11-14-17-15-12-13-16-18(17)22(19,20)21;1-2-6-5-7-3-4-8-6/h12-13,15-16H,2-11,14H2,1H3,(H,19,20,21);6-7H,2-5H2,1H3. The number of morpholine rings is 1.